The van der Waals surface area contributed by atoms with Gasteiger partial charge in [-0.05, 0) is 79.2 Å². The van der Waals surface area contributed by atoms with Crippen molar-refractivity contribution in [3.05, 3.63) is 124 Å². The Morgan fingerprint density at radius 2 is 1.22 bits per heavy atom. The molecule has 262 valence electrons. The van der Waals surface area contributed by atoms with E-state index in [9.17, 15) is 44.7 Å². The van der Waals surface area contributed by atoms with Crippen LogP contribution in [0.25, 0.3) is 0 Å². The number of hydrogen-bond donors (Lipinski definition) is 0. The molecule has 0 saturated carbocycles. The van der Waals surface area contributed by atoms with Gasteiger partial charge in [-0.2, -0.15) is 17.6 Å². The van der Waals surface area contributed by atoms with Crippen molar-refractivity contribution in [1.82, 2.24) is 0 Å². The number of rotatable bonds is 14. The van der Waals surface area contributed by atoms with Gasteiger partial charge in [0.05, 0.1) is 12.2 Å². The summed E-state index contributed by atoms with van der Waals surface area (Å²) in [5.41, 5.74) is -0.580. The molecule has 0 amide bonds. The largest absolute Gasteiger partial charge is 0.487 e. The Bertz CT molecular complexity index is 1840. The highest BCUT2D eigenvalue weighted by atomic mass is 19.3. The van der Waals surface area contributed by atoms with Crippen LogP contribution in [0.4, 0.5) is 35.1 Å². The fourth-order valence-electron chi connectivity index (χ4n) is 4.33. The van der Waals surface area contributed by atoms with Crippen molar-refractivity contribution >= 4 is 11.8 Å². The fourth-order valence-corrected chi connectivity index (χ4v) is 4.33. The van der Waals surface area contributed by atoms with Gasteiger partial charge < -0.3 is 14.2 Å². The van der Waals surface area contributed by atoms with Crippen molar-refractivity contribution in [1.29, 1.82) is 0 Å². The summed E-state index contributed by atoms with van der Waals surface area (Å²) >= 11 is 0. The Balaban J connectivity index is 1.35. The van der Waals surface area contributed by atoms with Gasteiger partial charge in [-0.25, -0.2) is 22.4 Å². The number of ether oxygens (including phenoxy) is 3. The predicted octanol–water partition coefficient (Wildman–Crippen LogP) is 9.33. The molecular weight excluding hydrogens is 676 g/mol. The van der Waals surface area contributed by atoms with Crippen LogP contribution in [0.15, 0.2) is 72.8 Å². The van der Waals surface area contributed by atoms with Crippen LogP contribution < -0.4 is 14.2 Å². The van der Waals surface area contributed by atoms with Gasteiger partial charge in [0.2, 0.25) is 11.6 Å². The molecule has 4 aromatic rings. The smallest absolute Gasteiger partial charge is 0.343 e. The molecular formula is C37H28F8O5. The van der Waals surface area contributed by atoms with Gasteiger partial charge in [0.1, 0.15) is 17.1 Å². The lowest BCUT2D eigenvalue weighted by Gasteiger charge is -2.16. The third kappa shape index (κ3) is 9.40. The number of benzene rings is 4. The Morgan fingerprint density at radius 3 is 1.76 bits per heavy atom. The lowest BCUT2D eigenvalue weighted by atomic mass is 10.0. The van der Waals surface area contributed by atoms with Gasteiger partial charge in [0, 0.05) is 16.7 Å². The Hall–Kier alpha value is -5.38. The monoisotopic (exact) mass is 704 g/mol. The van der Waals surface area contributed by atoms with Crippen LogP contribution in [0.3, 0.4) is 0 Å². The van der Waals surface area contributed by atoms with Crippen molar-refractivity contribution in [3.8, 4) is 29.1 Å². The van der Waals surface area contributed by atoms with E-state index in [1.165, 1.54) is 72.8 Å². The van der Waals surface area contributed by atoms with E-state index in [0.717, 1.165) is 19.3 Å². The fraction of sp³-hybridized carbons (Fsp3) is 0.243. The molecule has 0 heterocycles. The van der Waals surface area contributed by atoms with E-state index in [0.29, 0.717) is 6.42 Å². The van der Waals surface area contributed by atoms with Crippen LogP contribution in [0.5, 0.6) is 17.2 Å². The molecule has 0 bridgehead atoms. The van der Waals surface area contributed by atoms with Crippen LogP contribution >= 0.6 is 0 Å². The summed E-state index contributed by atoms with van der Waals surface area (Å²) in [6, 6.07) is 15.6. The minimum atomic E-state index is -4.33. The Kier molecular flexibility index (Phi) is 12.6. The number of ketones is 1. The van der Waals surface area contributed by atoms with Gasteiger partial charge in [-0.1, -0.05) is 38.0 Å². The molecule has 0 aromatic heterocycles. The second kappa shape index (κ2) is 16.8. The summed E-state index contributed by atoms with van der Waals surface area (Å²) < 4.78 is 124. The first-order valence-corrected chi connectivity index (χ1v) is 15.2. The first-order chi connectivity index (χ1) is 23.8. The molecule has 0 unspecified atom stereocenters. The van der Waals surface area contributed by atoms with Crippen LogP contribution in [-0.2, 0) is 0 Å². The molecule has 0 aliphatic carbocycles. The molecule has 0 spiro atoms. The summed E-state index contributed by atoms with van der Waals surface area (Å²) in [6.45, 7) is 0.323. The van der Waals surface area contributed by atoms with Crippen molar-refractivity contribution in [2.45, 2.75) is 45.0 Å². The van der Waals surface area contributed by atoms with E-state index in [1.807, 2.05) is 6.92 Å². The molecule has 0 N–H and O–H groups in total. The average molecular weight is 705 g/mol. The van der Waals surface area contributed by atoms with E-state index in [4.69, 9.17) is 9.47 Å². The van der Waals surface area contributed by atoms with E-state index in [1.54, 1.807) is 0 Å². The molecule has 50 heavy (non-hydrogen) atoms. The quantitative estimate of drug-likeness (QED) is 0.0249. The van der Waals surface area contributed by atoms with Crippen LogP contribution in [0.2, 0.25) is 0 Å². The summed E-state index contributed by atoms with van der Waals surface area (Å²) in [7, 11) is 0. The van der Waals surface area contributed by atoms with Gasteiger partial charge in [0.15, 0.2) is 29.8 Å². The van der Waals surface area contributed by atoms with E-state index < -0.39 is 65.3 Å². The normalized spacial score (nSPS) is 11.2. The highest BCUT2D eigenvalue weighted by molar-refractivity contribution is 6.09. The van der Waals surface area contributed by atoms with Crippen molar-refractivity contribution in [2.75, 3.05) is 13.2 Å². The number of carbonyl (C=O) groups is 2. The number of hydrogen-bond acceptors (Lipinski definition) is 5. The molecule has 4 rings (SSSR count). The summed E-state index contributed by atoms with van der Waals surface area (Å²) in [5, 5.41) is 0. The predicted molar refractivity (Wildman–Crippen MR) is 166 cm³/mol. The van der Waals surface area contributed by atoms with E-state index >= 15 is 0 Å². The van der Waals surface area contributed by atoms with Crippen molar-refractivity contribution < 1.29 is 58.9 Å². The van der Waals surface area contributed by atoms with Crippen LogP contribution in [-0.4, -0.2) is 37.3 Å². The minimum absolute atomic E-state index is 0.0548. The van der Waals surface area contributed by atoms with Gasteiger partial charge in [-0.15, -0.1) is 0 Å². The summed E-state index contributed by atoms with van der Waals surface area (Å²) in [6.07, 6.45) is -0.915. The molecule has 0 aliphatic rings. The average Bonchev–Trinajstić information content (AvgIpc) is 3.11. The molecule has 0 radical (unpaired) electrons. The Labute approximate surface area is 281 Å². The maximum atomic E-state index is 14.6. The third-order valence-corrected chi connectivity index (χ3v) is 7.11. The van der Waals surface area contributed by atoms with Gasteiger partial charge in [-0.3, -0.25) is 4.79 Å². The zero-order valence-electron chi connectivity index (χ0n) is 26.3. The molecule has 4 aromatic carbocycles. The van der Waals surface area contributed by atoms with Gasteiger partial charge >= 0.3 is 18.3 Å². The second-order valence-electron chi connectivity index (χ2n) is 10.8. The molecule has 5 nitrogen and oxygen atoms in total. The molecule has 0 fully saturated rings. The number of unbranched alkanes of at least 4 members (excludes halogenated alkanes) is 3. The van der Waals surface area contributed by atoms with Gasteiger partial charge in [0.25, 0.3) is 0 Å². The SMILES string of the molecule is CCCCCCOc1c(F)c(F)c(C#Cc2ccc(C(=O)Oc3ccc(C(=O)c4ccc(OCC(F)(F)C(F)F)cc4)cc3)cc2)c(F)c1F. The lowest BCUT2D eigenvalue weighted by molar-refractivity contribution is -0.148. The molecule has 13 heteroatoms. The van der Waals surface area contributed by atoms with E-state index in [2.05, 4.69) is 16.6 Å². The van der Waals surface area contributed by atoms with Crippen LogP contribution in [0.1, 0.15) is 70.0 Å². The van der Waals surface area contributed by atoms with Crippen molar-refractivity contribution in [2.24, 2.45) is 0 Å². The zero-order chi connectivity index (χ0) is 36.4. The number of alkyl halides is 4. The highest BCUT2D eigenvalue weighted by Gasteiger charge is 2.41. The van der Waals surface area contributed by atoms with Crippen molar-refractivity contribution in [3.63, 3.8) is 0 Å². The number of halogens is 8. The first kappa shape index (κ1) is 37.4. The molecule has 0 saturated heterocycles. The maximum absolute atomic E-state index is 14.6. The number of esters is 1. The first-order valence-electron chi connectivity index (χ1n) is 15.2. The number of carbonyl (C=O) groups excluding carboxylic acids is 2. The third-order valence-electron chi connectivity index (χ3n) is 7.11. The van der Waals surface area contributed by atoms with E-state index in [-0.39, 0.29) is 40.4 Å². The molecule has 0 atom stereocenters. The zero-order valence-corrected chi connectivity index (χ0v) is 26.3. The topological polar surface area (TPSA) is 61.8 Å². The van der Waals surface area contributed by atoms with Crippen LogP contribution in [0, 0.1) is 35.1 Å². The maximum Gasteiger partial charge on any atom is 0.343 e. The summed E-state index contributed by atoms with van der Waals surface area (Å²) in [5.74, 6) is -9.12. The Morgan fingerprint density at radius 1 is 0.680 bits per heavy atom. The molecule has 0 aliphatic heterocycles. The highest BCUT2D eigenvalue weighted by Crippen LogP contribution is 2.30. The lowest BCUT2D eigenvalue weighted by Crippen LogP contribution is -2.33. The summed E-state index contributed by atoms with van der Waals surface area (Å²) in [4.78, 5) is 25.4. The second-order valence-corrected chi connectivity index (χ2v) is 10.8. The minimum Gasteiger partial charge on any atom is -0.487 e. The standard InChI is InChI=1S/C37H28F8O5/c1-2-3-4-5-20-48-34-31(40)29(38)28(30(39)32(34)41)19-8-22-6-9-25(10-7-22)35(47)50-27-17-13-24(14-18-27)33(46)23-11-15-26(16-12-23)49-21-37(44,45)36(42)43/h6-7,9-18,36H,2-5,20-21H2,1H3.